The van der Waals surface area contributed by atoms with Crippen molar-refractivity contribution in [2.24, 2.45) is 0 Å². The number of nitrogens with one attached hydrogen (secondary N) is 1. The van der Waals surface area contributed by atoms with Gasteiger partial charge in [-0.1, -0.05) is 18.2 Å². The van der Waals surface area contributed by atoms with Gasteiger partial charge in [-0.3, -0.25) is 4.79 Å². The topological polar surface area (TPSA) is 58.6 Å². The molecule has 0 aliphatic carbocycles. The Morgan fingerprint density at radius 3 is 2.87 bits per heavy atom. The predicted octanol–water partition coefficient (Wildman–Crippen LogP) is 0.346. The second kappa shape index (κ2) is 6.03. The van der Waals surface area contributed by atoms with E-state index >= 15 is 0 Å². The van der Waals surface area contributed by atoms with Crippen LogP contribution in [-0.2, 0) is 11.2 Å². The molecule has 0 aliphatic rings. The molecule has 1 aromatic carbocycles. The minimum atomic E-state index is -0.117. The van der Waals surface area contributed by atoms with Crippen molar-refractivity contribution >= 4 is 5.91 Å². The van der Waals surface area contributed by atoms with E-state index in [0.29, 0.717) is 5.75 Å². The van der Waals surface area contributed by atoms with Gasteiger partial charge in [0.05, 0.1) is 20.1 Å². The maximum Gasteiger partial charge on any atom is 0.224 e. The Bertz CT molecular complexity index is 325. The molecule has 82 valence electrons. The number of aliphatic hydroxyl groups excluding tert-OH is 1. The van der Waals surface area contributed by atoms with Crippen LogP contribution in [0, 0.1) is 0 Å². The van der Waals surface area contributed by atoms with Crippen LogP contribution in [0.1, 0.15) is 5.56 Å². The third-order valence-corrected chi connectivity index (χ3v) is 1.98. The second-order valence-electron chi connectivity index (χ2n) is 3.06. The fourth-order valence-corrected chi connectivity index (χ4v) is 1.28. The van der Waals surface area contributed by atoms with E-state index < -0.39 is 0 Å². The summed E-state index contributed by atoms with van der Waals surface area (Å²) in [7, 11) is 1.57. The summed E-state index contributed by atoms with van der Waals surface area (Å²) in [5.74, 6) is 0.588. The highest BCUT2D eigenvalue weighted by Crippen LogP contribution is 2.17. The van der Waals surface area contributed by atoms with Gasteiger partial charge in [-0.15, -0.1) is 0 Å². The number of benzene rings is 1. The van der Waals surface area contributed by atoms with Crippen LogP contribution in [-0.4, -0.2) is 31.3 Å². The van der Waals surface area contributed by atoms with Gasteiger partial charge < -0.3 is 15.2 Å². The van der Waals surface area contributed by atoms with Crippen LogP contribution in [0.3, 0.4) is 0 Å². The number of hydrogen-bond acceptors (Lipinski definition) is 3. The lowest BCUT2D eigenvalue weighted by atomic mass is 10.1. The first kappa shape index (κ1) is 11.5. The summed E-state index contributed by atoms with van der Waals surface area (Å²) in [5.41, 5.74) is 0.843. The molecular weight excluding hydrogens is 194 g/mol. The average molecular weight is 209 g/mol. The number of ether oxygens (including phenoxy) is 1. The van der Waals surface area contributed by atoms with Crippen LogP contribution in [0.2, 0.25) is 0 Å². The fraction of sp³-hybridized carbons (Fsp3) is 0.364. The minimum Gasteiger partial charge on any atom is -0.496 e. The van der Waals surface area contributed by atoms with Gasteiger partial charge in [0.25, 0.3) is 0 Å². The zero-order chi connectivity index (χ0) is 11.1. The molecule has 1 rings (SSSR count). The minimum absolute atomic E-state index is 0.0440. The standard InChI is InChI=1S/C11H15NO3/c1-15-10-5-3-2-4-9(10)8-11(14)12-6-7-13/h2-5,13H,6-8H2,1H3,(H,12,14). The summed E-state index contributed by atoms with van der Waals surface area (Å²) in [6.45, 7) is 0.242. The number of rotatable bonds is 5. The van der Waals surface area contributed by atoms with Crippen LogP contribution in [0.25, 0.3) is 0 Å². The molecule has 0 saturated heterocycles. The summed E-state index contributed by atoms with van der Waals surface area (Å²) in [6, 6.07) is 7.37. The third kappa shape index (κ3) is 3.59. The molecule has 0 heterocycles. The molecule has 0 saturated carbocycles. The van der Waals surface area contributed by atoms with E-state index in [1.54, 1.807) is 7.11 Å². The first-order valence-corrected chi connectivity index (χ1v) is 4.77. The Kier molecular flexibility index (Phi) is 4.63. The van der Waals surface area contributed by atoms with Gasteiger partial charge in [0.15, 0.2) is 0 Å². The van der Waals surface area contributed by atoms with Gasteiger partial charge in [-0.25, -0.2) is 0 Å². The van der Waals surface area contributed by atoms with Crippen molar-refractivity contribution < 1.29 is 14.6 Å². The molecule has 0 aromatic heterocycles. The molecule has 0 spiro atoms. The maximum atomic E-state index is 11.4. The van der Waals surface area contributed by atoms with Crippen molar-refractivity contribution in [2.45, 2.75) is 6.42 Å². The zero-order valence-electron chi connectivity index (χ0n) is 8.69. The van der Waals surface area contributed by atoms with Crippen molar-refractivity contribution in [2.75, 3.05) is 20.3 Å². The normalized spacial score (nSPS) is 9.73. The van der Waals surface area contributed by atoms with E-state index in [1.165, 1.54) is 0 Å². The molecule has 0 unspecified atom stereocenters. The lowest BCUT2D eigenvalue weighted by molar-refractivity contribution is -0.120. The van der Waals surface area contributed by atoms with Gasteiger partial charge in [0, 0.05) is 12.1 Å². The van der Waals surface area contributed by atoms with Crippen LogP contribution < -0.4 is 10.1 Å². The van der Waals surface area contributed by atoms with Crippen molar-refractivity contribution in [3.63, 3.8) is 0 Å². The fourth-order valence-electron chi connectivity index (χ4n) is 1.28. The van der Waals surface area contributed by atoms with Gasteiger partial charge in [-0.05, 0) is 6.07 Å². The molecule has 1 amide bonds. The Morgan fingerprint density at radius 2 is 2.20 bits per heavy atom. The number of hydrogen-bond donors (Lipinski definition) is 2. The Labute approximate surface area is 88.9 Å². The third-order valence-electron chi connectivity index (χ3n) is 1.98. The van der Waals surface area contributed by atoms with Crippen LogP contribution in [0.5, 0.6) is 5.75 Å². The van der Waals surface area contributed by atoms with Crippen molar-refractivity contribution in [1.82, 2.24) is 5.32 Å². The van der Waals surface area contributed by atoms with Crippen molar-refractivity contribution in [3.8, 4) is 5.75 Å². The van der Waals surface area contributed by atoms with Gasteiger partial charge in [0.2, 0.25) is 5.91 Å². The molecule has 2 N–H and O–H groups in total. The number of amides is 1. The van der Waals surface area contributed by atoms with Crippen LogP contribution in [0.15, 0.2) is 24.3 Å². The summed E-state index contributed by atoms with van der Waals surface area (Å²) in [6.07, 6.45) is 0.268. The first-order valence-electron chi connectivity index (χ1n) is 4.77. The number of aliphatic hydroxyl groups is 1. The highest BCUT2D eigenvalue weighted by molar-refractivity contribution is 5.79. The van der Waals surface area contributed by atoms with E-state index in [9.17, 15) is 4.79 Å². The largest absolute Gasteiger partial charge is 0.496 e. The lowest BCUT2D eigenvalue weighted by Gasteiger charge is -2.07. The smallest absolute Gasteiger partial charge is 0.224 e. The molecule has 0 aliphatic heterocycles. The monoisotopic (exact) mass is 209 g/mol. The number of methoxy groups -OCH3 is 1. The highest BCUT2D eigenvalue weighted by atomic mass is 16.5. The molecule has 4 nitrogen and oxygen atoms in total. The predicted molar refractivity (Wildman–Crippen MR) is 56.8 cm³/mol. The van der Waals surface area contributed by atoms with Crippen LogP contribution in [0.4, 0.5) is 0 Å². The maximum absolute atomic E-state index is 11.4. The van der Waals surface area contributed by atoms with E-state index in [1.807, 2.05) is 24.3 Å². The van der Waals surface area contributed by atoms with E-state index in [4.69, 9.17) is 9.84 Å². The summed E-state index contributed by atoms with van der Waals surface area (Å²) >= 11 is 0. The molecule has 0 atom stereocenters. The molecule has 4 heteroatoms. The molecule has 0 fully saturated rings. The molecular formula is C11H15NO3. The lowest BCUT2D eigenvalue weighted by Crippen LogP contribution is -2.27. The number of para-hydroxylation sites is 1. The zero-order valence-corrected chi connectivity index (χ0v) is 8.69. The Hall–Kier alpha value is -1.55. The van der Waals surface area contributed by atoms with Gasteiger partial charge >= 0.3 is 0 Å². The second-order valence-corrected chi connectivity index (χ2v) is 3.06. The van der Waals surface area contributed by atoms with E-state index in [2.05, 4.69) is 5.32 Å². The van der Waals surface area contributed by atoms with E-state index in [0.717, 1.165) is 5.56 Å². The Balaban J connectivity index is 2.59. The highest BCUT2D eigenvalue weighted by Gasteiger charge is 2.06. The van der Waals surface area contributed by atoms with Crippen LogP contribution >= 0.6 is 0 Å². The quantitative estimate of drug-likeness (QED) is 0.735. The van der Waals surface area contributed by atoms with Gasteiger partial charge in [0.1, 0.15) is 5.75 Å². The average Bonchev–Trinajstić information content (AvgIpc) is 2.27. The molecule has 1 aromatic rings. The van der Waals surface area contributed by atoms with Gasteiger partial charge in [-0.2, -0.15) is 0 Å². The number of carbonyl (C=O) groups is 1. The van der Waals surface area contributed by atoms with Crippen molar-refractivity contribution in [1.29, 1.82) is 0 Å². The SMILES string of the molecule is COc1ccccc1CC(=O)NCCO. The Morgan fingerprint density at radius 1 is 1.47 bits per heavy atom. The summed E-state index contributed by atoms with van der Waals surface area (Å²) < 4.78 is 5.12. The van der Waals surface area contributed by atoms with E-state index in [-0.39, 0.29) is 25.5 Å². The molecule has 15 heavy (non-hydrogen) atoms. The summed E-state index contributed by atoms with van der Waals surface area (Å²) in [4.78, 5) is 11.4. The molecule has 0 bridgehead atoms. The first-order chi connectivity index (χ1) is 7.27. The van der Waals surface area contributed by atoms with Crippen molar-refractivity contribution in [3.05, 3.63) is 29.8 Å². The number of carbonyl (C=O) groups excluding carboxylic acids is 1. The summed E-state index contributed by atoms with van der Waals surface area (Å²) in [5, 5.41) is 11.1. The molecule has 0 radical (unpaired) electrons.